The zero-order valence-corrected chi connectivity index (χ0v) is 13.7. The smallest absolute Gasteiger partial charge is 0.132 e. The van der Waals surface area contributed by atoms with E-state index < -0.39 is 17.7 Å². The van der Waals surface area contributed by atoms with E-state index in [1.165, 1.54) is 13.0 Å². The minimum Gasteiger partial charge on any atom is -0.384 e. The molecule has 0 aliphatic heterocycles. The minimum atomic E-state index is -1.12. The number of benzene rings is 2. The summed E-state index contributed by atoms with van der Waals surface area (Å²) in [6.07, 6.45) is -1.12. The second-order valence-corrected chi connectivity index (χ2v) is 6.27. The quantitative estimate of drug-likeness (QED) is 0.672. The molecule has 0 aliphatic carbocycles. The highest BCUT2D eigenvalue weighted by Crippen LogP contribution is 2.31. The molecule has 0 aromatic heterocycles. The summed E-state index contributed by atoms with van der Waals surface area (Å²) in [7, 11) is 0. The van der Waals surface area contributed by atoms with Crippen molar-refractivity contribution in [2.75, 3.05) is 0 Å². The third-order valence-corrected chi connectivity index (χ3v) is 4.30. The second-order valence-electron chi connectivity index (χ2n) is 4.19. The molecule has 0 heterocycles. The van der Waals surface area contributed by atoms with Gasteiger partial charge in [-0.15, -0.1) is 0 Å². The maximum Gasteiger partial charge on any atom is 0.132 e. The largest absolute Gasteiger partial charge is 0.384 e. The molecule has 0 fully saturated rings. The van der Waals surface area contributed by atoms with Crippen molar-refractivity contribution in [3.8, 4) is 0 Å². The Hall–Kier alpha value is -0.530. The fourth-order valence-corrected chi connectivity index (χ4v) is 2.79. The molecule has 2 aromatic carbocycles. The number of aryl methyl sites for hydroxylation is 1. The van der Waals surface area contributed by atoms with Crippen LogP contribution in [0.3, 0.4) is 0 Å². The molecule has 5 heteroatoms. The lowest BCUT2D eigenvalue weighted by atomic mass is 9.99. The molecule has 0 bridgehead atoms. The van der Waals surface area contributed by atoms with E-state index in [9.17, 15) is 13.9 Å². The molecule has 1 N–H and O–H groups in total. The van der Waals surface area contributed by atoms with Gasteiger partial charge in [-0.1, -0.05) is 15.9 Å². The number of aliphatic hydroxyl groups excluding tert-OH is 1. The van der Waals surface area contributed by atoms with Gasteiger partial charge in [0.1, 0.15) is 17.7 Å². The average molecular weight is 439 g/mol. The molecule has 0 saturated heterocycles. The van der Waals surface area contributed by atoms with Gasteiger partial charge in [0, 0.05) is 19.7 Å². The van der Waals surface area contributed by atoms with Gasteiger partial charge in [0.2, 0.25) is 0 Å². The van der Waals surface area contributed by atoms with E-state index in [1.807, 2.05) is 12.1 Å². The lowest BCUT2D eigenvalue weighted by molar-refractivity contribution is 0.213. The van der Waals surface area contributed by atoms with Crippen molar-refractivity contribution in [3.63, 3.8) is 0 Å². The molecule has 2 aromatic rings. The van der Waals surface area contributed by atoms with Gasteiger partial charge in [-0.05, 0) is 64.9 Å². The van der Waals surface area contributed by atoms with Crippen molar-refractivity contribution in [1.82, 2.24) is 0 Å². The Balaban J connectivity index is 2.52. The van der Waals surface area contributed by atoms with Gasteiger partial charge in [-0.25, -0.2) is 8.78 Å². The summed E-state index contributed by atoms with van der Waals surface area (Å²) in [5.41, 5.74) is 0.968. The van der Waals surface area contributed by atoms with E-state index in [1.54, 1.807) is 6.07 Å². The number of hydrogen-bond acceptors (Lipinski definition) is 1. The maximum absolute atomic E-state index is 13.8. The van der Waals surface area contributed by atoms with Crippen LogP contribution < -0.4 is 0 Å². The highest BCUT2D eigenvalue weighted by molar-refractivity contribution is 14.1. The van der Waals surface area contributed by atoms with Gasteiger partial charge in [0.15, 0.2) is 0 Å². The molecular formula is C14H10BrF2IO. The van der Waals surface area contributed by atoms with E-state index in [0.29, 0.717) is 11.1 Å². The predicted octanol–water partition coefficient (Wildman–Crippen LogP) is 4.72. The van der Waals surface area contributed by atoms with Gasteiger partial charge in [-0.3, -0.25) is 0 Å². The van der Waals surface area contributed by atoms with Crippen LogP contribution in [0.15, 0.2) is 34.8 Å². The standard InChI is InChI=1S/C14H10BrF2IO/c1-7-4-9(12(17)6-11(7)16)14(19)10-5-8(15)2-3-13(10)18/h2-6,14,19H,1H3. The zero-order chi connectivity index (χ0) is 14.2. The summed E-state index contributed by atoms with van der Waals surface area (Å²) in [5, 5.41) is 10.3. The second kappa shape index (κ2) is 5.85. The molecule has 0 radical (unpaired) electrons. The van der Waals surface area contributed by atoms with Gasteiger partial charge in [0.25, 0.3) is 0 Å². The molecule has 2 rings (SSSR count). The van der Waals surface area contributed by atoms with Crippen molar-refractivity contribution >= 4 is 38.5 Å². The van der Waals surface area contributed by atoms with Crippen LogP contribution in [0.4, 0.5) is 8.78 Å². The molecule has 0 saturated carbocycles. The first kappa shape index (κ1) is 14.9. The number of rotatable bonds is 2. The molecule has 1 atom stereocenters. The fraction of sp³-hybridized carbons (Fsp3) is 0.143. The summed E-state index contributed by atoms with van der Waals surface area (Å²) in [5.74, 6) is -1.36. The molecule has 100 valence electrons. The van der Waals surface area contributed by atoms with E-state index in [0.717, 1.165) is 14.1 Å². The Bertz CT molecular complexity index is 631. The van der Waals surface area contributed by atoms with Crippen molar-refractivity contribution in [2.45, 2.75) is 13.0 Å². The van der Waals surface area contributed by atoms with Gasteiger partial charge in [0.05, 0.1) is 0 Å². The summed E-state index contributed by atoms with van der Waals surface area (Å²) in [6, 6.07) is 7.53. The minimum absolute atomic E-state index is 0.0786. The van der Waals surface area contributed by atoms with E-state index in [4.69, 9.17) is 0 Å². The van der Waals surface area contributed by atoms with Crippen LogP contribution in [0.5, 0.6) is 0 Å². The molecule has 19 heavy (non-hydrogen) atoms. The maximum atomic E-state index is 13.8. The number of aliphatic hydroxyl groups is 1. The van der Waals surface area contributed by atoms with E-state index >= 15 is 0 Å². The molecule has 1 unspecified atom stereocenters. The van der Waals surface area contributed by atoms with Gasteiger partial charge in [-0.2, -0.15) is 0 Å². The Kier molecular flexibility index (Phi) is 4.58. The topological polar surface area (TPSA) is 20.2 Å². The van der Waals surface area contributed by atoms with Crippen molar-refractivity contribution < 1.29 is 13.9 Å². The summed E-state index contributed by atoms with van der Waals surface area (Å²) in [4.78, 5) is 0. The molecular weight excluding hydrogens is 429 g/mol. The van der Waals surface area contributed by atoms with Crippen molar-refractivity contribution in [1.29, 1.82) is 0 Å². The highest BCUT2D eigenvalue weighted by Gasteiger charge is 2.19. The summed E-state index contributed by atoms with van der Waals surface area (Å²) in [6.45, 7) is 1.54. The zero-order valence-electron chi connectivity index (χ0n) is 9.92. The molecule has 0 spiro atoms. The Labute approximate surface area is 131 Å². The molecule has 1 nitrogen and oxygen atoms in total. The Morgan fingerprint density at radius 2 is 1.79 bits per heavy atom. The van der Waals surface area contributed by atoms with Crippen LogP contribution in [0, 0.1) is 22.1 Å². The SMILES string of the molecule is Cc1cc(C(O)c2cc(Br)ccc2I)c(F)cc1F. The number of halogens is 4. The predicted molar refractivity (Wildman–Crippen MR) is 82.0 cm³/mol. The summed E-state index contributed by atoms with van der Waals surface area (Å²) >= 11 is 5.38. The first-order chi connectivity index (χ1) is 8.90. The normalized spacial score (nSPS) is 12.5. The van der Waals surface area contributed by atoms with E-state index in [-0.39, 0.29) is 5.56 Å². The van der Waals surface area contributed by atoms with Crippen LogP contribution in [0.25, 0.3) is 0 Å². The van der Waals surface area contributed by atoms with Crippen molar-refractivity contribution in [2.24, 2.45) is 0 Å². The van der Waals surface area contributed by atoms with Gasteiger partial charge >= 0.3 is 0 Å². The van der Waals surface area contributed by atoms with Gasteiger partial charge < -0.3 is 5.11 Å². The average Bonchev–Trinajstić information content (AvgIpc) is 2.36. The first-order valence-electron chi connectivity index (χ1n) is 5.48. The fourth-order valence-electron chi connectivity index (χ4n) is 1.78. The third-order valence-electron chi connectivity index (χ3n) is 2.83. The third kappa shape index (κ3) is 3.14. The monoisotopic (exact) mass is 438 g/mol. The molecule has 0 aliphatic rings. The first-order valence-corrected chi connectivity index (χ1v) is 7.36. The summed E-state index contributed by atoms with van der Waals surface area (Å²) < 4.78 is 28.6. The molecule has 0 amide bonds. The van der Waals surface area contributed by atoms with Crippen molar-refractivity contribution in [3.05, 3.63) is 66.7 Å². The van der Waals surface area contributed by atoms with Crippen LogP contribution in [-0.2, 0) is 0 Å². The van der Waals surface area contributed by atoms with Crippen LogP contribution >= 0.6 is 38.5 Å². The Morgan fingerprint density at radius 3 is 2.47 bits per heavy atom. The highest BCUT2D eigenvalue weighted by atomic mass is 127. The number of hydrogen-bond donors (Lipinski definition) is 1. The van der Waals surface area contributed by atoms with E-state index in [2.05, 4.69) is 38.5 Å². The lowest BCUT2D eigenvalue weighted by Gasteiger charge is -2.15. The van der Waals surface area contributed by atoms with Crippen LogP contribution in [0.1, 0.15) is 22.8 Å². The van der Waals surface area contributed by atoms with Crippen LogP contribution in [-0.4, -0.2) is 5.11 Å². The lowest BCUT2D eigenvalue weighted by Crippen LogP contribution is -2.06. The van der Waals surface area contributed by atoms with Crippen LogP contribution in [0.2, 0.25) is 0 Å². The Morgan fingerprint density at radius 1 is 1.11 bits per heavy atom.